The number of methoxy groups -OCH3 is 1. The number of carbonyl (C=O) groups excluding carboxylic acids is 1. The molecule has 2 aliphatic heterocycles. The van der Waals surface area contributed by atoms with E-state index in [1.807, 2.05) is 12.4 Å². The first-order chi connectivity index (χ1) is 18.5. The Morgan fingerprint density at radius 2 is 1.76 bits per heavy atom. The van der Waals surface area contributed by atoms with Gasteiger partial charge in [-0.3, -0.25) is 4.79 Å². The molecule has 0 bridgehead atoms. The first-order valence-corrected chi connectivity index (χ1v) is 13.5. The van der Waals surface area contributed by atoms with E-state index in [0.29, 0.717) is 57.3 Å². The summed E-state index contributed by atoms with van der Waals surface area (Å²) in [4.78, 5) is 25.2. The third-order valence-corrected chi connectivity index (χ3v) is 7.97. The van der Waals surface area contributed by atoms with Gasteiger partial charge in [-0.2, -0.15) is 0 Å². The quantitative estimate of drug-likeness (QED) is 0.464. The molecule has 206 valence electrons. The van der Waals surface area contributed by atoms with Crippen LogP contribution in [0.15, 0.2) is 24.5 Å². The highest BCUT2D eigenvalue weighted by molar-refractivity contribution is 5.79. The van der Waals surface area contributed by atoms with Crippen LogP contribution in [0, 0.1) is 29.4 Å². The SMILES string of the molecule is COCc1cnc(N2CCC([C@H]3C[C@H]3CCOc3cc(F)c(CC(=O)N4CCOCC4)c(F)c3)CC2)nc1. The summed E-state index contributed by atoms with van der Waals surface area (Å²) in [6.07, 6.45) is 7.64. The van der Waals surface area contributed by atoms with Crippen molar-refractivity contribution in [2.45, 2.75) is 38.7 Å². The van der Waals surface area contributed by atoms with Gasteiger partial charge in [-0.1, -0.05) is 0 Å². The lowest BCUT2D eigenvalue weighted by Crippen LogP contribution is -2.41. The van der Waals surface area contributed by atoms with Gasteiger partial charge in [-0.15, -0.1) is 0 Å². The lowest BCUT2D eigenvalue weighted by Gasteiger charge is -2.32. The van der Waals surface area contributed by atoms with Gasteiger partial charge < -0.3 is 24.0 Å². The summed E-state index contributed by atoms with van der Waals surface area (Å²) in [5.41, 5.74) is 0.758. The van der Waals surface area contributed by atoms with Crippen LogP contribution in [0.3, 0.4) is 0 Å². The fraction of sp³-hybridized carbons (Fsp3) is 0.607. The molecule has 2 saturated heterocycles. The van der Waals surface area contributed by atoms with Crippen molar-refractivity contribution in [1.29, 1.82) is 0 Å². The van der Waals surface area contributed by atoms with Crippen LogP contribution in [-0.4, -0.2) is 73.9 Å². The molecule has 2 aromatic rings. The number of anilines is 1. The molecular formula is C28H36F2N4O4. The Balaban J connectivity index is 1.03. The van der Waals surface area contributed by atoms with Crippen LogP contribution in [0.25, 0.3) is 0 Å². The van der Waals surface area contributed by atoms with Gasteiger partial charge in [0.25, 0.3) is 0 Å². The molecule has 2 atom stereocenters. The van der Waals surface area contributed by atoms with Gasteiger partial charge in [0, 0.05) is 68.9 Å². The molecule has 3 fully saturated rings. The average molecular weight is 531 g/mol. The summed E-state index contributed by atoms with van der Waals surface area (Å²) < 4.78 is 45.3. The zero-order valence-electron chi connectivity index (χ0n) is 21.9. The van der Waals surface area contributed by atoms with E-state index in [4.69, 9.17) is 14.2 Å². The minimum absolute atomic E-state index is 0.171. The second-order valence-corrected chi connectivity index (χ2v) is 10.5. The lowest BCUT2D eigenvalue weighted by atomic mass is 9.90. The van der Waals surface area contributed by atoms with Crippen molar-refractivity contribution in [2.24, 2.45) is 17.8 Å². The molecule has 8 nitrogen and oxygen atoms in total. The van der Waals surface area contributed by atoms with E-state index in [9.17, 15) is 13.6 Å². The van der Waals surface area contributed by atoms with Gasteiger partial charge in [-0.25, -0.2) is 18.7 Å². The molecule has 5 rings (SSSR count). The number of ether oxygens (including phenoxy) is 3. The Hall–Kier alpha value is -2.85. The van der Waals surface area contributed by atoms with E-state index in [2.05, 4.69) is 14.9 Å². The summed E-state index contributed by atoms with van der Waals surface area (Å²) in [7, 11) is 1.66. The van der Waals surface area contributed by atoms with Crippen LogP contribution in [0.5, 0.6) is 5.75 Å². The minimum Gasteiger partial charge on any atom is -0.493 e. The number of carbonyl (C=O) groups is 1. The number of benzene rings is 1. The number of aromatic nitrogens is 2. The monoisotopic (exact) mass is 530 g/mol. The van der Waals surface area contributed by atoms with Gasteiger partial charge >= 0.3 is 0 Å². The molecule has 0 N–H and O–H groups in total. The minimum atomic E-state index is -0.741. The number of hydrogen-bond acceptors (Lipinski definition) is 7. The normalized spacial score (nSPS) is 22.0. The highest BCUT2D eigenvalue weighted by atomic mass is 19.1. The van der Waals surface area contributed by atoms with E-state index in [0.717, 1.165) is 43.9 Å². The number of amides is 1. The van der Waals surface area contributed by atoms with Crippen LogP contribution in [0.4, 0.5) is 14.7 Å². The summed E-state index contributed by atoms with van der Waals surface area (Å²) in [5.74, 6) is 1.14. The van der Waals surface area contributed by atoms with Crippen LogP contribution in [-0.2, 0) is 27.3 Å². The fourth-order valence-electron chi connectivity index (χ4n) is 5.70. The Labute approximate surface area is 222 Å². The molecule has 0 unspecified atom stereocenters. The first kappa shape index (κ1) is 26.7. The summed E-state index contributed by atoms with van der Waals surface area (Å²) in [6, 6.07) is 2.38. The molecule has 1 aromatic heterocycles. The van der Waals surface area contributed by atoms with Crippen LogP contribution >= 0.6 is 0 Å². The maximum atomic E-state index is 14.6. The third kappa shape index (κ3) is 6.58. The molecule has 38 heavy (non-hydrogen) atoms. The number of morpholine rings is 1. The summed E-state index contributed by atoms with van der Waals surface area (Å²) in [5, 5.41) is 0. The Bertz CT molecular complexity index is 1070. The molecule has 0 spiro atoms. The van der Waals surface area contributed by atoms with E-state index in [-0.39, 0.29) is 23.6 Å². The molecule has 0 radical (unpaired) electrons. The standard InChI is InChI=1S/C28H36F2N4O4/c1-36-18-19-16-31-28(32-17-19)34-5-2-20(3-6-34)23-12-21(23)4-9-38-22-13-25(29)24(26(30)14-22)15-27(35)33-7-10-37-11-8-33/h13-14,16-17,20-21,23H,2-12,15,18H2,1H3/t21-,23-/m1/s1. The van der Waals surface area contributed by atoms with Gasteiger partial charge in [-0.05, 0) is 43.4 Å². The van der Waals surface area contributed by atoms with Gasteiger partial charge in [0.2, 0.25) is 11.9 Å². The van der Waals surface area contributed by atoms with Crippen molar-refractivity contribution in [1.82, 2.24) is 14.9 Å². The topological polar surface area (TPSA) is 77.0 Å². The predicted molar refractivity (Wildman–Crippen MR) is 137 cm³/mol. The predicted octanol–water partition coefficient (Wildman–Crippen LogP) is 3.62. The Morgan fingerprint density at radius 3 is 2.42 bits per heavy atom. The van der Waals surface area contributed by atoms with E-state index >= 15 is 0 Å². The molecule has 10 heteroatoms. The van der Waals surface area contributed by atoms with Gasteiger partial charge in [0.15, 0.2) is 0 Å². The highest BCUT2D eigenvalue weighted by Crippen LogP contribution is 2.49. The largest absolute Gasteiger partial charge is 0.493 e. The van der Waals surface area contributed by atoms with E-state index in [1.54, 1.807) is 12.0 Å². The maximum Gasteiger partial charge on any atom is 0.227 e. The van der Waals surface area contributed by atoms with Crippen LogP contribution < -0.4 is 9.64 Å². The second kappa shape index (κ2) is 12.3. The van der Waals surface area contributed by atoms with E-state index < -0.39 is 11.6 Å². The number of hydrogen-bond donors (Lipinski definition) is 0. The van der Waals surface area contributed by atoms with Gasteiger partial charge in [0.05, 0.1) is 32.8 Å². The average Bonchev–Trinajstić information content (AvgIpc) is 3.71. The number of nitrogens with zero attached hydrogens (tertiary/aromatic N) is 4. The zero-order valence-corrected chi connectivity index (χ0v) is 21.9. The molecule has 1 aliphatic carbocycles. The summed E-state index contributed by atoms with van der Waals surface area (Å²) in [6.45, 7) is 4.63. The van der Waals surface area contributed by atoms with Crippen molar-refractivity contribution >= 4 is 11.9 Å². The number of halogens is 2. The van der Waals surface area contributed by atoms with Crippen molar-refractivity contribution in [3.8, 4) is 5.75 Å². The van der Waals surface area contributed by atoms with E-state index in [1.165, 1.54) is 18.6 Å². The van der Waals surface area contributed by atoms with Crippen LogP contribution in [0.1, 0.15) is 36.8 Å². The molecular weight excluding hydrogens is 494 g/mol. The third-order valence-electron chi connectivity index (χ3n) is 7.97. The molecule has 3 heterocycles. The molecule has 3 aliphatic rings. The highest BCUT2D eigenvalue weighted by Gasteiger charge is 2.43. The second-order valence-electron chi connectivity index (χ2n) is 10.5. The number of rotatable bonds is 10. The molecule has 1 amide bonds. The first-order valence-electron chi connectivity index (χ1n) is 13.5. The lowest BCUT2D eigenvalue weighted by molar-refractivity contribution is -0.134. The van der Waals surface area contributed by atoms with Crippen molar-refractivity contribution < 1.29 is 27.8 Å². The summed E-state index contributed by atoms with van der Waals surface area (Å²) >= 11 is 0. The fourth-order valence-corrected chi connectivity index (χ4v) is 5.70. The Kier molecular flexibility index (Phi) is 8.68. The van der Waals surface area contributed by atoms with Crippen LogP contribution in [0.2, 0.25) is 0 Å². The maximum absolute atomic E-state index is 14.6. The van der Waals surface area contributed by atoms with Gasteiger partial charge in [0.1, 0.15) is 17.4 Å². The van der Waals surface area contributed by atoms with Crippen molar-refractivity contribution in [3.63, 3.8) is 0 Å². The zero-order chi connectivity index (χ0) is 26.5. The Morgan fingerprint density at radius 1 is 1.08 bits per heavy atom. The smallest absolute Gasteiger partial charge is 0.227 e. The van der Waals surface area contributed by atoms with Crippen molar-refractivity contribution in [3.05, 3.63) is 47.3 Å². The molecule has 1 saturated carbocycles. The molecule has 1 aromatic carbocycles. The number of piperidine rings is 1. The van der Waals surface area contributed by atoms with Crippen molar-refractivity contribution in [2.75, 3.05) is 58.0 Å².